The van der Waals surface area contributed by atoms with E-state index < -0.39 is 0 Å². The van der Waals surface area contributed by atoms with Gasteiger partial charge in [-0.3, -0.25) is 4.79 Å². The lowest BCUT2D eigenvalue weighted by Gasteiger charge is -2.09. The molecular weight excluding hydrogens is 332 g/mol. The predicted molar refractivity (Wildman–Crippen MR) is 101 cm³/mol. The number of rotatable bonds is 8. The first-order chi connectivity index (χ1) is 12.6. The number of nitrogens with zero attached hydrogens (tertiary/aromatic N) is 1. The van der Waals surface area contributed by atoms with Crippen LogP contribution in [0.5, 0.6) is 17.2 Å². The zero-order valence-corrected chi connectivity index (χ0v) is 15.5. The Balaban J connectivity index is 1.98. The van der Waals surface area contributed by atoms with Gasteiger partial charge >= 0.3 is 0 Å². The molecule has 0 radical (unpaired) electrons. The van der Waals surface area contributed by atoms with Gasteiger partial charge in [-0.25, -0.2) is 5.43 Å². The lowest BCUT2D eigenvalue weighted by molar-refractivity contribution is -0.120. The van der Waals surface area contributed by atoms with Crippen LogP contribution >= 0.6 is 0 Å². The molecule has 0 aliphatic rings. The van der Waals surface area contributed by atoms with Crippen LogP contribution in [0.15, 0.2) is 47.6 Å². The minimum Gasteiger partial charge on any atom is -0.494 e. The lowest BCUT2D eigenvalue weighted by Crippen LogP contribution is -2.21. The third-order valence-corrected chi connectivity index (χ3v) is 3.75. The van der Waals surface area contributed by atoms with Crippen molar-refractivity contribution in [1.29, 1.82) is 0 Å². The summed E-state index contributed by atoms with van der Waals surface area (Å²) in [6, 6.07) is 12.9. The van der Waals surface area contributed by atoms with Gasteiger partial charge in [-0.2, -0.15) is 5.10 Å². The van der Waals surface area contributed by atoms with Crippen LogP contribution in [-0.2, 0) is 11.2 Å². The first-order valence-corrected chi connectivity index (χ1v) is 8.34. The fourth-order valence-corrected chi connectivity index (χ4v) is 2.37. The SMILES string of the molecule is CCOc1ccc(CC(=O)N/N=C(/C)c2ccc(OC)c(OC)c2)cc1. The maximum absolute atomic E-state index is 12.1. The van der Waals surface area contributed by atoms with Crippen molar-refractivity contribution in [3.8, 4) is 17.2 Å². The van der Waals surface area contributed by atoms with Gasteiger partial charge < -0.3 is 14.2 Å². The molecule has 0 aliphatic heterocycles. The van der Waals surface area contributed by atoms with Crippen molar-refractivity contribution in [2.75, 3.05) is 20.8 Å². The highest BCUT2D eigenvalue weighted by Crippen LogP contribution is 2.27. The first kappa shape index (κ1) is 19.3. The Morgan fingerprint density at radius 3 is 2.35 bits per heavy atom. The second-order valence-corrected chi connectivity index (χ2v) is 5.56. The third-order valence-electron chi connectivity index (χ3n) is 3.75. The number of amides is 1. The smallest absolute Gasteiger partial charge is 0.244 e. The summed E-state index contributed by atoms with van der Waals surface area (Å²) >= 11 is 0. The summed E-state index contributed by atoms with van der Waals surface area (Å²) in [6.45, 7) is 4.36. The van der Waals surface area contributed by atoms with E-state index in [1.165, 1.54) is 0 Å². The topological polar surface area (TPSA) is 69.2 Å². The van der Waals surface area contributed by atoms with Crippen molar-refractivity contribution < 1.29 is 19.0 Å². The normalized spacial score (nSPS) is 11.0. The second kappa shape index (κ2) is 9.46. The Morgan fingerprint density at radius 1 is 1.04 bits per heavy atom. The molecule has 138 valence electrons. The summed E-state index contributed by atoms with van der Waals surface area (Å²) in [6.07, 6.45) is 0.245. The van der Waals surface area contributed by atoms with Crippen LogP contribution in [0.3, 0.4) is 0 Å². The van der Waals surface area contributed by atoms with E-state index in [0.717, 1.165) is 16.9 Å². The van der Waals surface area contributed by atoms with Crippen molar-refractivity contribution >= 4 is 11.6 Å². The Kier molecular flexibility index (Phi) is 7.02. The molecule has 0 heterocycles. The molecule has 6 heteroatoms. The zero-order valence-electron chi connectivity index (χ0n) is 15.5. The Bertz CT molecular complexity index is 770. The number of methoxy groups -OCH3 is 2. The van der Waals surface area contributed by atoms with Crippen LogP contribution in [-0.4, -0.2) is 32.4 Å². The Morgan fingerprint density at radius 2 is 1.73 bits per heavy atom. The average Bonchev–Trinajstić information content (AvgIpc) is 2.67. The van der Waals surface area contributed by atoms with E-state index in [-0.39, 0.29) is 12.3 Å². The van der Waals surface area contributed by atoms with Crippen LogP contribution < -0.4 is 19.6 Å². The number of carbonyl (C=O) groups is 1. The molecule has 0 spiro atoms. The van der Waals surface area contributed by atoms with Crippen molar-refractivity contribution in [2.24, 2.45) is 5.10 Å². The van der Waals surface area contributed by atoms with Crippen molar-refractivity contribution in [3.05, 3.63) is 53.6 Å². The summed E-state index contributed by atoms with van der Waals surface area (Å²) in [5.41, 5.74) is 4.98. The van der Waals surface area contributed by atoms with E-state index in [9.17, 15) is 4.79 Å². The van der Waals surface area contributed by atoms with Gasteiger partial charge in [-0.1, -0.05) is 12.1 Å². The molecule has 0 fully saturated rings. The Hall–Kier alpha value is -3.02. The van der Waals surface area contributed by atoms with E-state index >= 15 is 0 Å². The van der Waals surface area contributed by atoms with E-state index in [2.05, 4.69) is 10.5 Å². The molecule has 1 N–H and O–H groups in total. The van der Waals surface area contributed by atoms with Crippen LogP contribution in [0, 0.1) is 0 Å². The zero-order chi connectivity index (χ0) is 18.9. The van der Waals surface area contributed by atoms with Crippen LogP contribution in [0.4, 0.5) is 0 Å². The Labute approximate surface area is 153 Å². The molecule has 2 rings (SSSR count). The molecule has 0 aliphatic carbocycles. The van der Waals surface area contributed by atoms with Crippen LogP contribution in [0.2, 0.25) is 0 Å². The van der Waals surface area contributed by atoms with Crippen molar-refractivity contribution in [2.45, 2.75) is 20.3 Å². The number of hydrogen-bond donors (Lipinski definition) is 1. The average molecular weight is 356 g/mol. The highest BCUT2D eigenvalue weighted by Gasteiger charge is 2.08. The summed E-state index contributed by atoms with van der Waals surface area (Å²) < 4.78 is 15.9. The van der Waals surface area contributed by atoms with E-state index in [4.69, 9.17) is 14.2 Å². The van der Waals surface area contributed by atoms with Crippen LogP contribution in [0.25, 0.3) is 0 Å². The number of benzene rings is 2. The molecule has 0 saturated heterocycles. The predicted octanol–water partition coefficient (Wildman–Crippen LogP) is 3.19. The minimum absolute atomic E-state index is 0.186. The van der Waals surface area contributed by atoms with Gasteiger partial charge in [0.25, 0.3) is 0 Å². The van der Waals surface area contributed by atoms with Gasteiger partial charge in [0.2, 0.25) is 5.91 Å². The van der Waals surface area contributed by atoms with E-state index in [1.807, 2.05) is 50.2 Å². The molecule has 2 aromatic rings. The maximum atomic E-state index is 12.1. The van der Waals surface area contributed by atoms with Gasteiger partial charge in [0.05, 0.1) is 33.0 Å². The van der Waals surface area contributed by atoms with Crippen molar-refractivity contribution in [1.82, 2.24) is 5.43 Å². The molecular formula is C20H24N2O4. The van der Waals surface area contributed by atoms with Gasteiger partial charge in [0.1, 0.15) is 5.75 Å². The van der Waals surface area contributed by atoms with Gasteiger partial charge in [-0.15, -0.1) is 0 Å². The summed E-state index contributed by atoms with van der Waals surface area (Å²) in [7, 11) is 3.16. The summed E-state index contributed by atoms with van der Waals surface area (Å²) in [5.74, 6) is 1.86. The quantitative estimate of drug-likeness (QED) is 0.583. The molecule has 0 aromatic heterocycles. The second-order valence-electron chi connectivity index (χ2n) is 5.56. The highest BCUT2D eigenvalue weighted by atomic mass is 16.5. The summed E-state index contributed by atoms with van der Waals surface area (Å²) in [4.78, 5) is 12.1. The standard InChI is InChI=1S/C20H24N2O4/c1-5-26-17-9-6-15(7-10-17)12-20(23)22-21-14(2)16-8-11-18(24-3)19(13-16)25-4/h6-11,13H,5,12H2,1-4H3,(H,22,23)/b21-14-. The third kappa shape index (κ3) is 5.24. The number of hydrazone groups is 1. The minimum atomic E-state index is -0.186. The number of nitrogens with one attached hydrogen (secondary N) is 1. The lowest BCUT2D eigenvalue weighted by atomic mass is 10.1. The molecule has 26 heavy (non-hydrogen) atoms. The van der Waals surface area contributed by atoms with Crippen molar-refractivity contribution in [3.63, 3.8) is 0 Å². The number of hydrogen-bond acceptors (Lipinski definition) is 5. The first-order valence-electron chi connectivity index (χ1n) is 8.34. The van der Waals surface area contributed by atoms with Gasteiger partial charge in [0.15, 0.2) is 11.5 Å². The van der Waals surface area contributed by atoms with Gasteiger partial charge in [-0.05, 0) is 49.7 Å². The molecule has 6 nitrogen and oxygen atoms in total. The molecule has 2 aromatic carbocycles. The fraction of sp³-hybridized carbons (Fsp3) is 0.300. The number of carbonyl (C=O) groups excluding carboxylic acids is 1. The fourth-order valence-electron chi connectivity index (χ4n) is 2.37. The molecule has 0 bridgehead atoms. The van der Waals surface area contributed by atoms with Crippen LogP contribution in [0.1, 0.15) is 25.0 Å². The largest absolute Gasteiger partial charge is 0.494 e. The molecule has 1 amide bonds. The highest BCUT2D eigenvalue weighted by molar-refractivity contribution is 5.99. The maximum Gasteiger partial charge on any atom is 0.244 e. The monoisotopic (exact) mass is 356 g/mol. The van der Waals surface area contributed by atoms with E-state index in [0.29, 0.717) is 23.8 Å². The molecule has 0 atom stereocenters. The van der Waals surface area contributed by atoms with E-state index in [1.54, 1.807) is 20.3 Å². The molecule has 0 unspecified atom stereocenters. The number of ether oxygens (including phenoxy) is 3. The van der Waals surface area contributed by atoms with Gasteiger partial charge in [0, 0.05) is 5.56 Å². The summed E-state index contributed by atoms with van der Waals surface area (Å²) in [5, 5.41) is 4.16. The molecule has 0 saturated carbocycles.